The molecular weight excluding hydrogens is 344 g/mol. The number of benzene rings is 1. The van der Waals surface area contributed by atoms with Crippen molar-refractivity contribution < 1.29 is 19.4 Å². The quantitative estimate of drug-likeness (QED) is 0.761. The Hall–Kier alpha value is -1.79. The zero-order valence-electron chi connectivity index (χ0n) is 14.8. The summed E-state index contributed by atoms with van der Waals surface area (Å²) in [6, 6.07) is 8.03. The van der Waals surface area contributed by atoms with Crippen LogP contribution in [0.5, 0.6) is 5.75 Å². The third kappa shape index (κ3) is 6.21. The molecular formula is C18H27ClN2O4. The van der Waals surface area contributed by atoms with Crippen molar-refractivity contribution >= 4 is 24.3 Å². The van der Waals surface area contributed by atoms with Crippen LogP contribution in [0.2, 0.25) is 0 Å². The third-order valence-corrected chi connectivity index (χ3v) is 4.26. The molecule has 1 aromatic rings. The van der Waals surface area contributed by atoms with Crippen LogP contribution in [0.4, 0.5) is 0 Å². The van der Waals surface area contributed by atoms with Crippen molar-refractivity contribution in [3.63, 3.8) is 0 Å². The summed E-state index contributed by atoms with van der Waals surface area (Å²) in [5.74, 6) is 0.0486. The van der Waals surface area contributed by atoms with Gasteiger partial charge in [0.05, 0.1) is 25.6 Å². The van der Waals surface area contributed by atoms with Crippen molar-refractivity contribution in [3.05, 3.63) is 29.8 Å². The summed E-state index contributed by atoms with van der Waals surface area (Å²) in [6.07, 6.45) is 1.99. The molecule has 1 fully saturated rings. The van der Waals surface area contributed by atoms with Gasteiger partial charge in [0.2, 0.25) is 5.91 Å². The smallest absolute Gasteiger partial charge is 0.304 e. The molecule has 0 radical (unpaired) electrons. The highest BCUT2D eigenvalue weighted by Crippen LogP contribution is 2.32. The maximum Gasteiger partial charge on any atom is 0.304 e. The van der Waals surface area contributed by atoms with Gasteiger partial charge in [-0.15, -0.1) is 12.4 Å². The normalized spacial score (nSPS) is 16.6. The Labute approximate surface area is 155 Å². The van der Waals surface area contributed by atoms with Crippen LogP contribution in [-0.4, -0.2) is 60.1 Å². The molecule has 1 aliphatic heterocycles. The number of nitrogens with zero attached hydrogens (tertiary/aromatic N) is 2. The van der Waals surface area contributed by atoms with E-state index in [-0.39, 0.29) is 37.3 Å². The number of hydrogen-bond donors (Lipinski definition) is 1. The zero-order chi connectivity index (χ0) is 17.5. The zero-order valence-corrected chi connectivity index (χ0v) is 15.6. The summed E-state index contributed by atoms with van der Waals surface area (Å²) in [4.78, 5) is 26.9. The van der Waals surface area contributed by atoms with Crippen LogP contribution in [0.1, 0.15) is 37.8 Å². The fraction of sp³-hybridized carbons (Fsp3) is 0.556. The Bertz CT molecular complexity index is 565. The van der Waals surface area contributed by atoms with E-state index in [1.54, 1.807) is 11.9 Å². The molecule has 0 aliphatic carbocycles. The predicted octanol–water partition coefficient (Wildman–Crippen LogP) is 2.58. The van der Waals surface area contributed by atoms with Crippen molar-refractivity contribution in [2.24, 2.45) is 0 Å². The molecule has 7 heteroatoms. The molecule has 1 amide bonds. The van der Waals surface area contributed by atoms with E-state index in [1.807, 2.05) is 36.1 Å². The van der Waals surface area contributed by atoms with Gasteiger partial charge in [0.25, 0.3) is 0 Å². The molecule has 1 aromatic carbocycles. The molecule has 0 spiro atoms. The molecule has 1 atom stereocenters. The van der Waals surface area contributed by atoms with Crippen molar-refractivity contribution in [1.82, 2.24) is 9.80 Å². The summed E-state index contributed by atoms with van der Waals surface area (Å²) >= 11 is 0. The second-order valence-corrected chi connectivity index (χ2v) is 6.13. The summed E-state index contributed by atoms with van der Waals surface area (Å²) in [7, 11) is 1.78. The highest BCUT2D eigenvalue weighted by molar-refractivity contribution is 5.85. The molecule has 140 valence electrons. The maximum absolute atomic E-state index is 12.6. The number of halogens is 1. The Morgan fingerprint density at radius 3 is 2.60 bits per heavy atom. The molecule has 1 saturated heterocycles. The van der Waals surface area contributed by atoms with Gasteiger partial charge in [0.15, 0.2) is 0 Å². The van der Waals surface area contributed by atoms with Crippen molar-refractivity contribution in [2.45, 2.75) is 32.2 Å². The number of carboxylic acid groups (broad SMARTS) is 1. The van der Waals surface area contributed by atoms with Crippen LogP contribution in [0.3, 0.4) is 0 Å². The molecule has 1 N–H and O–H groups in total. The minimum atomic E-state index is -0.845. The molecule has 0 bridgehead atoms. The number of likely N-dealkylation sites (tertiary alicyclic amines) is 1. The van der Waals surface area contributed by atoms with E-state index in [1.165, 1.54) is 0 Å². The number of rotatable bonds is 8. The van der Waals surface area contributed by atoms with E-state index in [9.17, 15) is 9.59 Å². The molecule has 2 rings (SSSR count). The number of carbonyl (C=O) groups excluding carboxylic acids is 1. The molecule has 25 heavy (non-hydrogen) atoms. The second-order valence-electron chi connectivity index (χ2n) is 6.13. The van der Waals surface area contributed by atoms with E-state index >= 15 is 0 Å². The summed E-state index contributed by atoms with van der Waals surface area (Å²) in [5, 5.41) is 8.73. The number of carbonyl (C=O) groups is 2. The molecule has 6 nitrogen and oxygen atoms in total. The number of carboxylic acids is 1. The monoisotopic (exact) mass is 370 g/mol. The molecule has 1 unspecified atom stereocenters. The molecule has 1 aliphatic rings. The van der Waals surface area contributed by atoms with Crippen molar-refractivity contribution in [2.75, 3.05) is 33.3 Å². The Morgan fingerprint density at radius 1 is 1.32 bits per heavy atom. The predicted molar refractivity (Wildman–Crippen MR) is 98.3 cm³/mol. The lowest BCUT2D eigenvalue weighted by atomic mass is 10.0. The van der Waals surface area contributed by atoms with E-state index in [0.29, 0.717) is 13.2 Å². The number of hydrogen-bond acceptors (Lipinski definition) is 4. The number of ether oxygens (including phenoxy) is 1. The largest absolute Gasteiger partial charge is 0.494 e. The fourth-order valence-corrected chi connectivity index (χ4v) is 3.05. The van der Waals surface area contributed by atoms with Crippen LogP contribution in [0.25, 0.3) is 0 Å². The lowest BCUT2D eigenvalue weighted by Crippen LogP contribution is -2.39. The molecule has 0 saturated carbocycles. The second kappa shape index (κ2) is 10.3. The topological polar surface area (TPSA) is 70.1 Å². The Morgan fingerprint density at radius 2 is 2.00 bits per heavy atom. The fourth-order valence-electron chi connectivity index (χ4n) is 3.05. The lowest BCUT2D eigenvalue weighted by Gasteiger charge is -2.27. The van der Waals surface area contributed by atoms with Crippen LogP contribution in [-0.2, 0) is 9.59 Å². The highest BCUT2D eigenvalue weighted by Gasteiger charge is 2.30. The van der Waals surface area contributed by atoms with Crippen LogP contribution >= 0.6 is 12.4 Å². The third-order valence-electron chi connectivity index (χ3n) is 4.26. The lowest BCUT2D eigenvalue weighted by molar-refractivity contribution is -0.138. The standard InChI is InChI=1S/C18H26N2O4.ClH/c1-3-24-15-8-6-14(7-9-15)16-5-4-11-20(16)17(21)13-19(2)12-10-18(22)23;/h6-9,16H,3-5,10-13H2,1-2H3,(H,22,23);1H. The first-order valence-electron chi connectivity index (χ1n) is 8.43. The Kier molecular flexibility index (Phi) is 8.72. The minimum absolute atomic E-state index is 0. The van der Waals surface area contributed by atoms with Gasteiger partial charge in [-0.3, -0.25) is 14.5 Å². The van der Waals surface area contributed by atoms with Gasteiger partial charge in [-0.05, 0) is 44.5 Å². The molecule has 1 heterocycles. The maximum atomic E-state index is 12.6. The number of amides is 1. The van der Waals surface area contributed by atoms with Gasteiger partial charge < -0.3 is 14.7 Å². The average Bonchev–Trinajstić information content (AvgIpc) is 3.03. The average molecular weight is 371 g/mol. The summed E-state index contributed by atoms with van der Waals surface area (Å²) < 4.78 is 5.46. The van der Waals surface area contributed by atoms with Crippen molar-refractivity contribution in [3.8, 4) is 5.75 Å². The van der Waals surface area contributed by atoms with Crippen LogP contribution < -0.4 is 4.74 Å². The van der Waals surface area contributed by atoms with Crippen LogP contribution in [0, 0.1) is 0 Å². The summed E-state index contributed by atoms with van der Waals surface area (Å²) in [6.45, 7) is 3.97. The van der Waals surface area contributed by atoms with Gasteiger partial charge in [-0.2, -0.15) is 0 Å². The summed E-state index contributed by atoms with van der Waals surface area (Å²) in [5.41, 5.74) is 1.12. The van der Waals surface area contributed by atoms with Gasteiger partial charge in [-0.25, -0.2) is 0 Å². The van der Waals surface area contributed by atoms with Crippen molar-refractivity contribution in [1.29, 1.82) is 0 Å². The number of likely N-dealkylation sites (N-methyl/N-ethyl adjacent to an activating group) is 1. The van der Waals surface area contributed by atoms with Gasteiger partial charge in [-0.1, -0.05) is 12.1 Å². The first kappa shape index (κ1) is 21.3. The van der Waals surface area contributed by atoms with E-state index in [4.69, 9.17) is 9.84 Å². The van der Waals surface area contributed by atoms with Gasteiger partial charge in [0, 0.05) is 13.1 Å². The van der Waals surface area contributed by atoms with Gasteiger partial charge in [0.1, 0.15) is 5.75 Å². The Balaban J connectivity index is 0.00000312. The van der Waals surface area contributed by atoms with E-state index in [2.05, 4.69) is 0 Å². The first-order chi connectivity index (χ1) is 11.5. The SMILES string of the molecule is CCOc1ccc(C2CCCN2C(=O)CN(C)CCC(=O)O)cc1.Cl. The van der Waals surface area contributed by atoms with Gasteiger partial charge >= 0.3 is 5.97 Å². The molecule has 0 aromatic heterocycles. The van der Waals surface area contributed by atoms with E-state index in [0.717, 1.165) is 30.7 Å². The van der Waals surface area contributed by atoms with E-state index < -0.39 is 5.97 Å². The minimum Gasteiger partial charge on any atom is -0.494 e. The number of aliphatic carboxylic acids is 1. The highest BCUT2D eigenvalue weighted by atomic mass is 35.5. The van der Waals surface area contributed by atoms with Crippen LogP contribution in [0.15, 0.2) is 24.3 Å². The first-order valence-corrected chi connectivity index (χ1v) is 8.43.